The van der Waals surface area contributed by atoms with Crippen LogP contribution in [0.1, 0.15) is 31.0 Å². The number of methoxy groups -OCH3 is 1. The van der Waals surface area contributed by atoms with Crippen LogP contribution >= 0.6 is 0 Å². The van der Waals surface area contributed by atoms with Gasteiger partial charge in [-0.3, -0.25) is 10.1 Å². The van der Waals surface area contributed by atoms with Gasteiger partial charge in [0.15, 0.2) is 0 Å². The number of rotatable bonds is 7. The summed E-state index contributed by atoms with van der Waals surface area (Å²) in [6, 6.07) is 14.8. The highest BCUT2D eigenvalue weighted by molar-refractivity contribution is 5.34. The van der Waals surface area contributed by atoms with Crippen LogP contribution in [-0.4, -0.2) is 12.0 Å². The van der Waals surface area contributed by atoms with E-state index in [-0.39, 0.29) is 16.7 Å². The molecule has 0 amide bonds. The molecule has 0 aromatic heterocycles. The van der Waals surface area contributed by atoms with E-state index in [1.54, 1.807) is 19.2 Å². The highest BCUT2D eigenvalue weighted by atomic mass is 16.6. The van der Waals surface area contributed by atoms with Crippen molar-refractivity contribution in [3.05, 3.63) is 69.8 Å². The van der Waals surface area contributed by atoms with Crippen molar-refractivity contribution in [2.45, 2.75) is 26.4 Å². The minimum absolute atomic E-state index is 0.117. The fraction of sp³-hybridized carbons (Fsp3) is 0.333. The van der Waals surface area contributed by atoms with Crippen LogP contribution in [0, 0.1) is 16.0 Å². The van der Waals surface area contributed by atoms with Gasteiger partial charge in [-0.05, 0) is 29.2 Å². The first kappa shape index (κ1) is 17.0. The van der Waals surface area contributed by atoms with Crippen molar-refractivity contribution in [1.82, 2.24) is 5.32 Å². The van der Waals surface area contributed by atoms with E-state index in [9.17, 15) is 10.1 Å². The Labute approximate surface area is 136 Å². The molecule has 2 rings (SSSR count). The molecule has 2 aromatic rings. The van der Waals surface area contributed by atoms with Crippen molar-refractivity contribution in [1.29, 1.82) is 0 Å². The van der Waals surface area contributed by atoms with E-state index in [0.29, 0.717) is 5.92 Å². The van der Waals surface area contributed by atoms with Gasteiger partial charge in [0.1, 0.15) is 5.75 Å². The van der Waals surface area contributed by atoms with Crippen LogP contribution in [-0.2, 0) is 6.54 Å². The van der Waals surface area contributed by atoms with Crippen LogP contribution in [0.3, 0.4) is 0 Å². The molecule has 0 heterocycles. The van der Waals surface area contributed by atoms with Gasteiger partial charge in [-0.25, -0.2) is 0 Å². The summed E-state index contributed by atoms with van der Waals surface area (Å²) in [5.41, 5.74) is 2.34. The SMILES string of the molecule is COc1ccc(CN[C@H](c2ccc([N+](=O)[O-])cc2)C(C)C)cc1. The van der Waals surface area contributed by atoms with Gasteiger partial charge in [0, 0.05) is 24.7 Å². The van der Waals surface area contributed by atoms with Gasteiger partial charge >= 0.3 is 0 Å². The van der Waals surface area contributed by atoms with Gasteiger partial charge in [-0.2, -0.15) is 0 Å². The maximum Gasteiger partial charge on any atom is 0.269 e. The number of benzene rings is 2. The predicted octanol–water partition coefficient (Wildman–Crippen LogP) is 4.09. The summed E-state index contributed by atoms with van der Waals surface area (Å²) in [5.74, 6) is 1.21. The first-order chi connectivity index (χ1) is 11.0. The molecule has 0 bridgehead atoms. The molecule has 23 heavy (non-hydrogen) atoms. The minimum Gasteiger partial charge on any atom is -0.497 e. The van der Waals surface area contributed by atoms with Gasteiger partial charge in [0.2, 0.25) is 0 Å². The average Bonchev–Trinajstić information content (AvgIpc) is 2.55. The number of hydrogen-bond acceptors (Lipinski definition) is 4. The van der Waals surface area contributed by atoms with E-state index in [4.69, 9.17) is 4.74 Å². The number of ether oxygens (including phenoxy) is 1. The highest BCUT2D eigenvalue weighted by Gasteiger charge is 2.16. The van der Waals surface area contributed by atoms with Gasteiger partial charge in [0.25, 0.3) is 5.69 Å². The zero-order chi connectivity index (χ0) is 16.8. The number of nitro groups is 1. The largest absolute Gasteiger partial charge is 0.497 e. The van der Waals surface area contributed by atoms with Crippen LogP contribution in [0.2, 0.25) is 0 Å². The molecule has 0 saturated heterocycles. The monoisotopic (exact) mass is 314 g/mol. The summed E-state index contributed by atoms with van der Waals surface area (Å²) in [7, 11) is 1.65. The summed E-state index contributed by atoms with van der Waals surface area (Å²) in [4.78, 5) is 10.4. The third-order valence-corrected chi connectivity index (χ3v) is 3.81. The zero-order valence-corrected chi connectivity index (χ0v) is 13.7. The lowest BCUT2D eigenvalue weighted by molar-refractivity contribution is -0.384. The molecule has 0 aliphatic heterocycles. The van der Waals surface area contributed by atoms with Crippen molar-refractivity contribution in [3.8, 4) is 5.75 Å². The molecule has 2 aromatic carbocycles. The Morgan fingerprint density at radius 3 is 2.17 bits per heavy atom. The van der Waals surface area contributed by atoms with Gasteiger partial charge in [-0.1, -0.05) is 38.1 Å². The number of non-ortho nitro benzene ring substituents is 1. The summed E-state index contributed by atoms with van der Waals surface area (Å²) in [6.45, 7) is 4.99. The lowest BCUT2D eigenvalue weighted by Crippen LogP contribution is -2.25. The zero-order valence-electron chi connectivity index (χ0n) is 13.7. The Morgan fingerprint density at radius 1 is 1.09 bits per heavy atom. The lowest BCUT2D eigenvalue weighted by atomic mass is 9.95. The first-order valence-electron chi connectivity index (χ1n) is 7.62. The average molecular weight is 314 g/mol. The van der Waals surface area contributed by atoms with Crippen LogP contribution in [0.15, 0.2) is 48.5 Å². The Kier molecular flexibility index (Phi) is 5.71. The number of nitro benzene ring substituents is 1. The summed E-state index contributed by atoms with van der Waals surface area (Å²) >= 11 is 0. The summed E-state index contributed by atoms with van der Waals surface area (Å²) < 4.78 is 5.16. The molecule has 0 fully saturated rings. The second-order valence-electron chi connectivity index (χ2n) is 5.80. The third kappa shape index (κ3) is 4.53. The molecule has 5 nitrogen and oxygen atoms in total. The van der Waals surface area contributed by atoms with Crippen molar-refractivity contribution in [2.75, 3.05) is 7.11 Å². The number of nitrogens with zero attached hydrogens (tertiary/aromatic N) is 1. The van der Waals surface area contributed by atoms with Crippen molar-refractivity contribution in [2.24, 2.45) is 5.92 Å². The van der Waals surface area contributed by atoms with E-state index in [1.807, 2.05) is 36.4 Å². The van der Waals surface area contributed by atoms with Crippen molar-refractivity contribution < 1.29 is 9.66 Å². The summed E-state index contributed by atoms with van der Waals surface area (Å²) in [5, 5.41) is 14.3. The second kappa shape index (κ2) is 7.74. The minimum atomic E-state index is -0.376. The maximum absolute atomic E-state index is 10.8. The van der Waals surface area contributed by atoms with E-state index in [0.717, 1.165) is 17.9 Å². The van der Waals surface area contributed by atoms with Crippen LogP contribution < -0.4 is 10.1 Å². The van der Waals surface area contributed by atoms with E-state index < -0.39 is 0 Å². The van der Waals surface area contributed by atoms with Gasteiger partial charge in [-0.15, -0.1) is 0 Å². The molecule has 122 valence electrons. The van der Waals surface area contributed by atoms with E-state index in [1.165, 1.54) is 5.56 Å². The van der Waals surface area contributed by atoms with E-state index >= 15 is 0 Å². The van der Waals surface area contributed by atoms with Gasteiger partial charge in [0.05, 0.1) is 12.0 Å². The van der Waals surface area contributed by atoms with Crippen LogP contribution in [0.5, 0.6) is 5.75 Å². The Balaban J connectivity index is 2.07. The molecule has 0 aliphatic carbocycles. The van der Waals surface area contributed by atoms with Crippen molar-refractivity contribution in [3.63, 3.8) is 0 Å². The summed E-state index contributed by atoms with van der Waals surface area (Å²) in [6.07, 6.45) is 0. The first-order valence-corrected chi connectivity index (χ1v) is 7.62. The van der Waals surface area contributed by atoms with Gasteiger partial charge < -0.3 is 10.1 Å². The normalized spacial score (nSPS) is 12.2. The van der Waals surface area contributed by atoms with E-state index in [2.05, 4.69) is 19.2 Å². The smallest absolute Gasteiger partial charge is 0.269 e. The molecule has 1 atom stereocenters. The Hall–Kier alpha value is -2.40. The lowest BCUT2D eigenvalue weighted by Gasteiger charge is -2.23. The quantitative estimate of drug-likeness (QED) is 0.617. The molecule has 1 N–H and O–H groups in total. The fourth-order valence-electron chi connectivity index (χ4n) is 2.51. The molecular formula is C18H22N2O3. The molecule has 0 spiro atoms. The number of hydrogen-bond donors (Lipinski definition) is 1. The second-order valence-corrected chi connectivity index (χ2v) is 5.80. The third-order valence-electron chi connectivity index (χ3n) is 3.81. The van der Waals surface area contributed by atoms with Crippen LogP contribution in [0.4, 0.5) is 5.69 Å². The standard InChI is InChI=1S/C18H22N2O3/c1-13(2)18(15-6-8-16(9-7-15)20(21)22)19-12-14-4-10-17(23-3)11-5-14/h4-11,13,18-19H,12H2,1-3H3/t18-/m0/s1. The molecule has 5 heteroatoms. The molecule has 0 saturated carbocycles. The fourth-order valence-corrected chi connectivity index (χ4v) is 2.51. The molecular weight excluding hydrogens is 292 g/mol. The number of nitrogens with one attached hydrogen (secondary N) is 1. The highest BCUT2D eigenvalue weighted by Crippen LogP contribution is 2.24. The molecule has 0 radical (unpaired) electrons. The Bertz CT molecular complexity index is 636. The maximum atomic E-state index is 10.8. The van der Waals surface area contributed by atoms with Crippen molar-refractivity contribution >= 4 is 5.69 Å². The molecule has 0 unspecified atom stereocenters. The Morgan fingerprint density at radius 2 is 1.70 bits per heavy atom. The molecule has 0 aliphatic rings. The topological polar surface area (TPSA) is 64.4 Å². The predicted molar refractivity (Wildman–Crippen MR) is 90.5 cm³/mol. The van der Waals surface area contributed by atoms with Crippen LogP contribution in [0.25, 0.3) is 0 Å².